The zero-order valence-electron chi connectivity index (χ0n) is 13.4. The molecule has 0 fully saturated rings. The van der Waals surface area contributed by atoms with E-state index in [4.69, 9.17) is 4.42 Å². The molecule has 1 heterocycles. The second kappa shape index (κ2) is 7.03. The molecule has 0 amide bonds. The SMILES string of the molecule is Brc1cccc(Cc2nnc(/C=C/c3cccc4ccccc34)o2)c1. The van der Waals surface area contributed by atoms with Crippen molar-refractivity contribution in [1.29, 1.82) is 0 Å². The maximum absolute atomic E-state index is 5.74. The summed E-state index contributed by atoms with van der Waals surface area (Å²) in [6.07, 6.45) is 4.49. The summed E-state index contributed by atoms with van der Waals surface area (Å²) in [7, 11) is 0. The molecule has 3 aromatic carbocycles. The summed E-state index contributed by atoms with van der Waals surface area (Å²) < 4.78 is 6.78. The van der Waals surface area contributed by atoms with Gasteiger partial charge in [0.15, 0.2) is 0 Å². The molecule has 0 unspecified atom stereocenters. The lowest BCUT2D eigenvalue weighted by Crippen LogP contribution is -1.87. The lowest BCUT2D eigenvalue weighted by atomic mass is 10.0. The first-order valence-corrected chi connectivity index (χ1v) is 8.80. The Morgan fingerprint density at radius 2 is 1.72 bits per heavy atom. The second-order valence-corrected chi connectivity index (χ2v) is 6.66. The fourth-order valence-corrected chi connectivity index (χ4v) is 3.23. The van der Waals surface area contributed by atoms with E-state index in [-0.39, 0.29) is 0 Å². The predicted molar refractivity (Wildman–Crippen MR) is 104 cm³/mol. The molecule has 0 saturated heterocycles. The van der Waals surface area contributed by atoms with E-state index in [1.807, 2.05) is 42.5 Å². The van der Waals surface area contributed by atoms with Gasteiger partial charge in [-0.25, -0.2) is 0 Å². The first-order valence-electron chi connectivity index (χ1n) is 8.00. The summed E-state index contributed by atoms with van der Waals surface area (Å²) in [4.78, 5) is 0. The molecule has 0 aliphatic rings. The van der Waals surface area contributed by atoms with Crippen LogP contribution in [0.15, 0.2) is 75.6 Å². The third-order valence-corrected chi connectivity index (χ3v) is 4.45. The molecule has 0 radical (unpaired) electrons. The third kappa shape index (κ3) is 3.69. The van der Waals surface area contributed by atoms with Gasteiger partial charge >= 0.3 is 0 Å². The molecular formula is C21H15BrN2O. The van der Waals surface area contributed by atoms with Gasteiger partial charge in [0.2, 0.25) is 11.8 Å². The molecular weight excluding hydrogens is 376 g/mol. The van der Waals surface area contributed by atoms with Gasteiger partial charge in [-0.15, -0.1) is 10.2 Å². The first kappa shape index (κ1) is 15.8. The highest BCUT2D eigenvalue weighted by molar-refractivity contribution is 9.10. The van der Waals surface area contributed by atoms with Crippen molar-refractivity contribution in [2.75, 3.05) is 0 Å². The number of hydrogen-bond acceptors (Lipinski definition) is 3. The second-order valence-electron chi connectivity index (χ2n) is 5.74. The van der Waals surface area contributed by atoms with Crippen LogP contribution in [0.25, 0.3) is 22.9 Å². The molecule has 0 aliphatic heterocycles. The fourth-order valence-electron chi connectivity index (χ4n) is 2.78. The van der Waals surface area contributed by atoms with Crippen LogP contribution in [0.4, 0.5) is 0 Å². The standard InChI is InChI=1S/C21H15BrN2O/c22-18-9-3-5-15(13-18)14-21-24-23-20(25-21)12-11-17-8-4-7-16-6-1-2-10-19(16)17/h1-13H,14H2/b12-11+. The minimum absolute atomic E-state index is 0.512. The van der Waals surface area contributed by atoms with E-state index in [0.29, 0.717) is 18.2 Å². The molecule has 25 heavy (non-hydrogen) atoms. The van der Waals surface area contributed by atoms with Crippen molar-refractivity contribution in [2.24, 2.45) is 0 Å². The molecule has 0 atom stereocenters. The van der Waals surface area contributed by atoms with Gasteiger partial charge in [-0.2, -0.15) is 0 Å². The van der Waals surface area contributed by atoms with Crippen LogP contribution >= 0.6 is 15.9 Å². The normalized spacial score (nSPS) is 11.4. The molecule has 3 nitrogen and oxygen atoms in total. The Labute approximate surface area is 154 Å². The highest BCUT2D eigenvalue weighted by atomic mass is 79.9. The molecule has 4 aromatic rings. The summed E-state index contributed by atoms with van der Waals surface area (Å²) in [5.74, 6) is 1.12. The lowest BCUT2D eigenvalue weighted by molar-refractivity contribution is 0.496. The van der Waals surface area contributed by atoms with Gasteiger partial charge in [0.1, 0.15) is 0 Å². The summed E-state index contributed by atoms with van der Waals surface area (Å²) in [6.45, 7) is 0. The molecule has 122 valence electrons. The number of hydrogen-bond donors (Lipinski definition) is 0. The van der Waals surface area contributed by atoms with Crippen molar-refractivity contribution in [3.8, 4) is 0 Å². The van der Waals surface area contributed by atoms with Crippen LogP contribution < -0.4 is 0 Å². The zero-order chi connectivity index (χ0) is 17.1. The average molecular weight is 391 g/mol. The van der Waals surface area contributed by atoms with Crippen LogP contribution in [0, 0.1) is 0 Å². The highest BCUT2D eigenvalue weighted by Crippen LogP contribution is 2.21. The fraction of sp³-hybridized carbons (Fsp3) is 0.0476. The number of nitrogens with zero attached hydrogens (tertiary/aromatic N) is 2. The Morgan fingerprint density at radius 3 is 2.64 bits per heavy atom. The smallest absolute Gasteiger partial charge is 0.240 e. The molecule has 4 heteroatoms. The highest BCUT2D eigenvalue weighted by Gasteiger charge is 2.05. The average Bonchev–Trinajstić information content (AvgIpc) is 3.07. The van der Waals surface area contributed by atoms with Crippen LogP contribution in [-0.2, 0) is 6.42 Å². The van der Waals surface area contributed by atoms with E-state index >= 15 is 0 Å². The maximum atomic E-state index is 5.74. The Hall–Kier alpha value is -2.72. The van der Waals surface area contributed by atoms with Crippen molar-refractivity contribution >= 4 is 38.9 Å². The summed E-state index contributed by atoms with van der Waals surface area (Å²) >= 11 is 3.47. The van der Waals surface area contributed by atoms with Crippen molar-refractivity contribution in [3.63, 3.8) is 0 Å². The third-order valence-electron chi connectivity index (χ3n) is 3.96. The van der Waals surface area contributed by atoms with Crippen LogP contribution in [0.5, 0.6) is 0 Å². The molecule has 4 rings (SSSR count). The Kier molecular flexibility index (Phi) is 4.44. The Morgan fingerprint density at radius 1 is 0.880 bits per heavy atom. The molecule has 0 bridgehead atoms. The van der Waals surface area contributed by atoms with E-state index in [0.717, 1.165) is 15.6 Å². The van der Waals surface area contributed by atoms with E-state index in [9.17, 15) is 0 Å². The molecule has 0 spiro atoms. The first-order chi connectivity index (χ1) is 12.3. The van der Waals surface area contributed by atoms with E-state index in [1.165, 1.54) is 10.8 Å². The van der Waals surface area contributed by atoms with Crippen LogP contribution in [0.2, 0.25) is 0 Å². The van der Waals surface area contributed by atoms with E-state index < -0.39 is 0 Å². The Bertz CT molecular complexity index is 1050. The van der Waals surface area contributed by atoms with Gasteiger partial charge in [0.25, 0.3) is 0 Å². The number of halogens is 1. The topological polar surface area (TPSA) is 38.9 Å². The number of aromatic nitrogens is 2. The van der Waals surface area contributed by atoms with Crippen LogP contribution in [0.3, 0.4) is 0 Å². The van der Waals surface area contributed by atoms with Gasteiger partial charge in [-0.05, 0) is 40.1 Å². The van der Waals surface area contributed by atoms with Crippen molar-refractivity contribution in [1.82, 2.24) is 10.2 Å². The molecule has 0 saturated carbocycles. The van der Waals surface area contributed by atoms with Gasteiger partial charge < -0.3 is 4.42 Å². The number of benzene rings is 3. The van der Waals surface area contributed by atoms with Crippen LogP contribution in [0.1, 0.15) is 22.9 Å². The number of fused-ring (bicyclic) bond motifs is 1. The number of rotatable bonds is 4. The van der Waals surface area contributed by atoms with Gasteiger partial charge in [0.05, 0.1) is 6.42 Å². The minimum atomic E-state index is 0.512. The molecule has 0 N–H and O–H groups in total. The van der Waals surface area contributed by atoms with Crippen LogP contribution in [-0.4, -0.2) is 10.2 Å². The largest absolute Gasteiger partial charge is 0.421 e. The van der Waals surface area contributed by atoms with E-state index in [2.05, 4.69) is 62.5 Å². The van der Waals surface area contributed by atoms with Crippen molar-refractivity contribution in [3.05, 3.63) is 94.1 Å². The van der Waals surface area contributed by atoms with Gasteiger partial charge in [0, 0.05) is 10.5 Å². The summed E-state index contributed by atoms with van der Waals surface area (Å²) in [5, 5.41) is 10.7. The van der Waals surface area contributed by atoms with Crippen molar-refractivity contribution in [2.45, 2.75) is 6.42 Å². The molecule has 1 aromatic heterocycles. The summed E-state index contributed by atoms with van der Waals surface area (Å²) in [6, 6.07) is 22.6. The zero-order valence-corrected chi connectivity index (χ0v) is 15.0. The minimum Gasteiger partial charge on any atom is -0.421 e. The maximum Gasteiger partial charge on any atom is 0.240 e. The van der Waals surface area contributed by atoms with Gasteiger partial charge in [-0.3, -0.25) is 0 Å². The molecule has 0 aliphatic carbocycles. The Balaban J connectivity index is 1.55. The van der Waals surface area contributed by atoms with Gasteiger partial charge in [-0.1, -0.05) is 70.5 Å². The van der Waals surface area contributed by atoms with Crippen molar-refractivity contribution < 1.29 is 4.42 Å². The predicted octanol–water partition coefficient (Wildman–Crippen LogP) is 5.75. The lowest BCUT2D eigenvalue weighted by Gasteiger charge is -2.00. The quantitative estimate of drug-likeness (QED) is 0.445. The monoisotopic (exact) mass is 390 g/mol. The van der Waals surface area contributed by atoms with E-state index in [1.54, 1.807) is 0 Å². The summed E-state index contributed by atoms with van der Waals surface area (Å²) in [5.41, 5.74) is 2.26.